The van der Waals surface area contributed by atoms with E-state index in [1.54, 1.807) is 11.3 Å². The van der Waals surface area contributed by atoms with Crippen LogP contribution in [-0.2, 0) is 22.4 Å². The van der Waals surface area contributed by atoms with E-state index in [1.807, 2.05) is 40.3 Å². The molecule has 1 aromatic carbocycles. The van der Waals surface area contributed by atoms with Crippen molar-refractivity contribution in [2.45, 2.75) is 32.7 Å². The van der Waals surface area contributed by atoms with Crippen molar-refractivity contribution in [3.63, 3.8) is 0 Å². The second-order valence-electron chi connectivity index (χ2n) is 7.66. The molecule has 2 aromatic rings. The van der Waals surface area contributed by atoms with E-state index < -0.39 is 0 Å². The lowest BCUT2D eigenvalue weighted by atomic mass is 10.1. The van der Waals surface area contributed by atoms with Crippen LogP contribution in [0.2, 0.25) is 0 Å². The number of amides is 2. The summed E-state index contributed by atoms with van der Waals surface area (Å²) < 4.78 is 0. The zero-order valence-electron chi connectivity index (χ0n) is 16.4. The predicted molar refractivity (Wildman–Crippen MR) is 111 cm³/mol. The smallest absolute Gasteiger partial charge is 0.241 e. The molecule has 0 aliphatic carbocycles. The van der Waals surface area contributed by atoms with Crippen molar-refractivity contribution in [1.29, 1.82) is 0 Å². The van der Waals surface area contributed by atoms with E-state index in [1.165, 1.54) is 5.56 Å². The first kappa shape index (κ1) is 19.1. The summed E-state index contributed by atoms with van der Waals surface area (Å²) in [6, 6.07) is 8.37. The fourth-order valence-electron chi connectivity index (χ4n) is 4.09. The summed E-state index contributed by atoms with van der Waals surface area (Å²) in [5.41, 5.74) is 3.26. The number of carbonyl (C=O) groups is 2. The Kier molecular flexibility index (Phi) is 5.46. The SMILES string of the molecule is Cc1csc(CC(=O)N2CCN(CC(=O)N3c4ccccc4CC3C)CC2)n1. The zero-order valence-corrected chi connectivity index (χ0v) is 17.2. The Morgan fingerprint density at radius 2 is 1.89 bits per heavy atom. The van der Waals surface area contributed by atoms with E-state index in [0.717, 1.165) is 35.9 Å². The fourth-order valence-corrected chi connectivity index (χ4v) is 4.86. The van der Waals surface area contributed by atoms with Crippen LogP contribution < -0.4 is 4.90 Å². The number of benzene rings is 1. The molecule has 2 aliphatic heterocycles. The highest BCUT2D eigenvalue weighted by Crippen LogP contribution is 2.31. The number of aromatic nitrogens is 1. The average Bonchev–Trinajstić information content (AvgIpc) is 3.23. The highest BCUT2D eigenvalue weighted by molar-refractivity contribution is 7.09. The maximum atomic E-state index is 12.9. The lowest BCUT2D eigenvalue weighted by Crippen LogP contribution is -2.52. The number of thiazole rings is 1. The van der Waals surface area contributed by atoms with Crippen LogP contribution in [0.25, 0.3) is 0 Å². The van der Waals surface area contributed by atoms with Crippen LogP contribution in [0.4, 0.5) is 5.69 Å². The lowest BCUT2D eigenvalue weighted by Gasteiger charge is -2.35. The molecule has 0 N–H and O–H groups in total. The monoisotopic (exact) mass is 398 g/mol. The van der Waals surface area contributed by atoms with Gasteiger partial charge in [-0.1, -0.05) is 18.2 Å². The van der Waals surface area contributed by atoms with Crippen LogP contribution in [-0.4, -0.2) is 65.4 Å². The normalized spacial score (nSPS) is 19.7. The summed E-state index contributed by atoms with van der Waals surface area (Å²) in [6.45, 7) is 7.27. The van der Waals surface area contributed by atoms with Gasteiger partial charge in [0.25, 0.3) is 0 Å². The molecule has 1 unspecified atom stereocenters. The number of aryl methyl sites for hydroxylation is 1. The van der Waals surface area contributed by atoms with Crippen LogP contribution in [0.15, 0.2) is 29.6 Å². The van der Waals surface area contributed by atoms with Crippen LogP contribution in [0.3, 0.4) is 0 Å². The molecule has 0 bridgehead atoms. The summed E-state index contributed by atoms with van der Waals surface area (Å²) >= 11 is 1.54. The van der Waals surface area contributed by atoms with Gasteiger partial charge in [-0.2, -0.15) is 0 Å². The molecule has 0 radical (unpaired) electrons. The molecule has 7 heteroatoms. The lowest BCUT2D eigenvalue weighted by molar-refractivity contribution is -0.132. The number of rotatable bonds is 4. The van der Waals surface area contributed by atoms with E-state index in [9.17, 15) is 9.59 Å². The van der Waals surface area contributed by atoms with Gasteiger partial charge in [-0.05, 0) is 31.9 Å². The Labute approximate surface area is 169 Å². The first-order valence-electron chi connectivity index (χ1n) is 9.82. The first-order valence-corrected chi connectivity index (χ1v) is 10.7. The van der Waals surface area contributed by atoms with Gasteiger partial charge in [0.15, 0.2) is 0 Å². The van der Waals surface area contributed by atoms with Gasteiger partial charge in [0.2, 0.25) is 11.8 Å². The summed E-state index contributed by atoms with van der Waals surface area (Å²) in [4.78, 5) is 35.8. The third-order valence-corrected chi connectivity index (χ3v) is 6.50. The van der Waals surface area contributed by atoms with Crippen LogP contribution >= 0.6 is 11.3 Å². The topological polar surface area (TPSA) is 56.8 Å². The zero-order chi connectivity index (χ0) is 19.7. The van der Waals surface area contributed by atoms with Crippen molar-refractivity contribution >= 4 is 28.8 Å². The van der Waals surface area contributed by atoms with Gasteiger partial charge in [-0.15, -0.1) is 11.3 Å². The number of piperazine rings is 1. The number of hydrogen-bond acceptors (Lipinski definition) is 5. The number of para-hydroxylation sites is 1. The maximum absolute atomic E-state index is 12.9. The van der Waals surface area contributed by atoms with Gasteiger partial charge >= 0.3 is 0 Å². The first-order chi connectivity index (χ1) is 13.5. The van der Waals surface area contributed by atoms with E-state index in [-0.39, 0.29) is 17.9 Å². The number of fused-ring (bicyclic) bond motifs is 1. The molecule has 2 amide bonds. The van der Waals surface area contributed by atoms with Crippen LogP contribution in [0, 0.1) is 6.92 Å². The van der Waals surface area contributed by atoms with Crippen molar-refractivity contribution in [1.82, 2.24) is 14.8 Å². The van der Waals surface area contributed by atoms with E-state index in [4.69, 9.17) is 0 Å². The molecular weight excluding hydrogens is 372 g/mol. The minimum atomic E-state index is 0.127. The van der Waals surface area contributed by atoms with Crippen molar-refractivity contribution in [2.75, 3.05) is 37.6 Å². The highest BCUT2D eigenvalue weighted by atomic mass is 32.1. The van der Waals surface area contributed by atoms with E-state index in [2.05, 4.69) is 22.9 Å². The van der Waals surface area contributed by atoms with Crippen molar-refractivity contribution in [3.05, 3.63) is 45.9 Å². The molecule has 1 saturated heterocycles. The number of hydrogen-bond donors (Lipinski definition) is 0. The van der Waals surface area contributed by atoms with Gasteiger partial charge in [-0.3, -0.25) is 14.5 Å². The molecule has 1 aromatic heterocycles. The summed E-state index contributed by atoms with van der Waals surface area (Å²) in [7, 11) is 0. The molecule has 1 atom stereocenters. The molecule has 0 spiro atoms. The molecule has 0 saturated carbocycles. The van der Waals surface area contributed by atoms with Crippen molar-refractivity contribution in [2.24, 2.45) is 0 Å². The highest BCUT2D eigenvalue weighted by Gasteiger charge is 2.32. The molecule has 2 aliphatic rings. The molecule has 6 nitrogen and oxygen atoms in total. The van der Waals surface area contributed by atoms with Crippen molar-refractivity contribution in [3.8, 4) is 0 Å². The van der Waals surface area contributed by atoms with Gasteiger partial charge in [0, 0.05) is 49.0 Å². The van der Waals surface area contributed by atoms with E-state index >= 15 is 0 Å². The largest absolute Gasteiger partial charge is 0.340 e. The molecule has 1 fully saturated rings. The molecule has 28 heavy (non-hydrogen) atoms. The van der Waals surface area contributed by atoms with Gasteiger partial charge in [0.1, 0.15) is 5.01 Å². The maximum Gasteiger partial charge on any atom is 0.241 e. The van der Waals surface area contributed by atoms with Crippen LogP contribution in [0.1, 0.15) is 23.2 Å². The molecular formula is C21H26N4O2S. The number of nitrogens with zero attached hydrogens (tertiary/aromatic N) is 4. The second kappa shape index (κ2) is 8.01. The summed E-state index contributed by atoms with van der Waals surface area (Å²) in [6.07, 6.45) is 1.29. The quantitative estimate of drug-likeness (QED) is 0.792. The molecule has 148 valence electrons. The number of anilines is 1. The average molecular weight is 399 g/mol. The Morgan fingerprint density at radius 3 is 2.61 bits per heavy atom. The van der Waals surface area contributed by atoms with E-state index in [0.29, 0.717) is 26.1 Å². The number of carbonyl (C=O) groups excluding carboxylic acids is 2. The predicted octanol–water partition coefficient (Wildman–Crippen LogP) is 2.12. The Balaban J connectivity index is 1.30. The standard InChI is InChI=1S/C21H26N4O2S/c1-15-14-28-19(22-15)12-20(26)24-9-7-23(8-10-24)13-21(27)25-16(2)11-17-5-3-4-6-18(17)25/h3-6,14,16H,7-13H2,1-2H3. The van der Waals surface area contributed by atoms with Gasteiger partial charge < -0.3 is 9.80 Å². The third-order valence-electron chi connectivity index (χ3n) is 5.53. The van der Waals surface area contributed by atoms with Gasteiger partial charge in [0.05, 0.1) is 13.0 Å². The fraction of sp³-hybridized carbons (Fsp3) is 0.476. The van der Waals surface area contributed by atoms with Gasteiger partial charge in [-0.25, -0.2) is 4.98 Å². The van der Waals surface area contributed by atoms with Crippen molar-refractivity contribution < 1.29 is 9.59 Å². The minimum Gasteiger partial charge on any atom is -0.340 e. The second-order valence-corrected chi connectivity index (χ2v) is 8.60. The Hall–Kier alpha value is -2.25. The van der Waals surface area contributed by atoms with Crippen LogP contribution in [0.5, 0.6) is 0 Å². The minimum absolute atomic E-state index is 0.127. The molecule has 3 heterocycles. The summed E-state index contributed by atoms with van der Waals surface area (Å²) in [5.74, 6) is 0.276. The molecule has 4 rings (SSSR count). The Morgan fingerprint density at radius 1 is 1.14 bits per heavy atom. The Bertz CT molecular complexity index is 873. The summed E-state index contributed by atoms with van der Waals surface area (Å²) in [5, 5.41) is 2.85. The third kappa shape index (κ3) is 3.95.